The number of ketones is 1. The fourth-order valence-corrected chi connectivity index (χ4v) is 5.75. The van der Waals surface area contributed by atoms with Crippen molar-refractivity contribution in [1.29, 1.82) is 0 Å². The second kappa shape index (κ2) is 14.7. The Bertz CT molecular complexity index is 888. The lowest BCUT2D eigenvalue weighted by Gasteiger charge is -2.33. The Morgan fingerprint density at radius 1 is 0.778 bits per heavy atom. The highest BCUT2D eigenvalue weighted by Gasteiger charge is 2.26. The van der Waals surface area contributed by atoms with Crippen molar-refractivity contribution in [1.82, 2.24) is 0 Å². The van der Waals surface area contributed by atoms with Crippen LogP contribution in [0.15, 0.2) is 48.5 Å². The fourth-order valence-electron chi connectivity index (χ4n) is 5.75. The minimum absolute atomic E-state index is 0.0292. The van der Waals surface area contributed by atoms with E-state index in [9.17, 15) is 4.79 Å². The van der Waals surface area contributed by atoms with Crippen LogP contribution < -0.4 is 0 Å². The number of hydrogen-bond donors (Lipinski definition) is 0. The average Bonchev–Trinajstić information content (AvgIpc) is 2.94. The molecule has 2 fully saturated rings. The number of benzene rings is 2. The summed E-state index contributed by atoms with van der Waals surface area (Å²) in [5.41, 5.74) is 4.68. The maximum atomic E-state index is 12.6. The van der Waals surface area contributed by atoms with Gasteiger partial charge in [0.15, 0.2) is 12.1 Å². The lowest BCUT2D eigenvalue weighted by atomic mass is 9.82. The molecule has 0 amide bonds. The number of carbonyl (C=O) groups is 1. The van der Waals surface area contributed by atoms with E-state index in [4.69, 9.17) is 9.47 Å². The van der Waals surface area contributed by atoms with Gasteiger partial charge in [-0.15, -0.1) is 0 Å². The van der Waals surface area contributed by atoms with Crippen LogP contribution in [0.2, 0.25) is 0 Å². The first-order chi connectivity index (χ1) is 17.7. The van der Waals surface area contributed by atoms with E-state index in [0.29, 0.717) is 18.4 Å². The predicted molar refractivity (Wildman–Crippen MR) is 148 cm³/mol. The molecule has 0 aromatic heterocycles. The zero-order valence-corrected chi connectivity index (χ0v) is 22.4. The Kier molecular flexibility index (Phi) is 11.0. The summed E-state index contributed by atoms with van der Waals surface area (Å²) < 4.78 is 12.0. The summed E-state index contributed by atoms with van der Waals surface area (Å²) in [4.78, 5) is 12.6. The lowest BCUT2D eigenvalue weighted by molar-refractivity contribution is -0.193. The third-order valence-corrected chi connectivity index (χ3v) is 8.09. The topological polar surface area (TPSA) is 35.5 Å². The summed E-state index contributed by atoms with van der Waals surface area (Å²) in [6.07, 6.45) is 17.8. The van der Waals surface area contributed by atoms with Gasteiger partial charge < -0.3 is 9.47 Å². The molecule has 4 rings (SSSR count). The molecular weight excluding hydrogens is 444 g/mol. The predicted octanol–water partition coefficient (Wildman–Crippen LogP) is 9.25. The molecule has 0 radical (unpaired) electrons. The summed E-state index contributed by atoms with van der Waals surface area (Å²) in [5, 5.41) is 0. The van der Waals surface area contributed by atoms with Gasteiger partial charge in [-0.3, -0.25) is 4.79 Å². The molecule has 1 heterocycles. The number of ether oxygens (including phenoxy) is 2. The van der Waals surface area contributed by atoms with Crippen LogP contribution in [-0.2, 0) is 9.47 Å². The Labute approximate surface area is 219 Å². The smallest absolute Gasteiger partial charge is 0.162 e. The molecule has 1 aliphatic carbocycles. The zero-order chi connectivity index (χ0) is 25.0. The van der Waals surface area contributed by atoms with E-state index in [2.05, 4.69) is 43.3 Å². The molecule has 1 saturated carbocycles. The Morgan fingerprint density at radius 3 is 2.06 bits per heavy atom. The first-order valence-electron chi connectivity index (χ1n) is 14.7. The molecule has 1 atom stereocenters. The van der Waals surface area contributed by atoms with E-state index >= 15 is 0 Å². The molecule has 1 saturated heterocycles. The van der Waals surface area contributed by atoms with E-state index in [1.54, 1.807) is 0 Å². The molecule has 1 aliphatic heterocycles. The molecule has 2 aromatic rings. The molecule has 0 spiro atoms. The Hall–Kier alpha value is -1.97. The van der Waals surface area contributed by atoms with E-state index in [0.717, 1.165) is 37.9 Å². The minimum Gasteiger partial charge on any atom is -0.353 e. The van der Waals surface area contributed by atoms with Crippen LogP contribution in [0.25, 0.3) is 11.1 Å². The molecule has 3 heteroatoms. The summed E-state index contributed by atoms with van der Waals surface area (Å²) in [7, 11) is 0. The molecule has 0 N–H and O–H groups in total. The molecule has 3 nitrogen and oxygen atoms in total. The molecule has 0 bridgehead atoms. The quantitative estimate of drug-likeness (QED) is 0.207. The summed E-state index contributed by atoms with van der Waals surface area (Å²) >= 11 is 0. The van der Waals surface area contributed by atoms with Gasteiger partial charge in [0.25, 0.3) is 0 Å². The normalized spacial score (nSPS) is 22.4. The van der Waals surface area contributed by atoms with Gasteiger partial charge in [0.05, 0.1) is 6.10 Å². The molecule has 1 unspecified atom stereocenters. The highest BCUT2D eigenvalue weighted by Crippen LogP contribution is 2.36. The summed E-state index contributed by atoms with van der Waals surface area (Å²) in [5.74, 6) is 0.901. The first-order valence-corrected chi connectivity index (χ1v) is 14.7. The van der Waals surface area contributed by atoms with E-state index in [-0.39, 0.29) is 12.1 Å². The van der Waals surface area contributed by atoms with E-state index in [1.807, 2.05) is 12.1 Å². The van der Waals surface area contributed by atoms with Gasteiger partial charge in [0, 0.05) is 18.6 Å². The van der Waals surface area contributed by atoms with E-state index in [1.165, 1.54) is 80.9 Å². The number of carbonyl (C=O) groups excluding carboxylic acids is 1. The highest BCUT2D eigenvalue weighted by atomic mass is 16.7. The average molecular weight is 491 g/mol. The number of unbranched alkanes of at least 4 members (excludes halogenated alkanes) is 6. The van der Waals surface area contributed by atoms with Gasteiger partial charge in [-0.2, -0.15) is 0 Å². The first kappa shape index (κ1) is 27.1. The minimum atomic E-state index is 0.0292. The van der Waals surface area contributed by atoms with Gasteiger partial charge in [0.2, 0.25) is 0 Å². The Morgan fingerprint density at radius 2 is 1.42 bits per heavy atom. The highest BCUT2D eigenvalue weighted by molar-refractivity contribution is 5.96. The van der Waals surface area contributed by atoms with E-state index < -0.39 is 0 Å². The largest absolute Gasteiger partial charge is 0.353 e. The molecular formula is C33H46O3. The van der Waals surface area contributed by atoms with Crippen molar-refractivity contribution in [3.8, 4) is 11.1 Å². The molecule has 196 valence electrons. The van der Waals surface area contributed by atoms with Crippen molar-refractivity contribution < 1.29 is 14.3 Å². The Balaban J connectivity index is 1.20. The van der Waals surface area contributed by atoms with Crippen LogP contribution >= 0.6 is 0 Å². The van der Waals surface area contributed by atoms with Crippen LogP contribution in [0.4, 0.5) is 0 Å². The maximum Gasteiger partial charge on any atom is 0.162 e. The summed E-state index contributed by atoms with van der Waals surface area (Å²) in [6, 6.07) is 17.3. The van der Waals surface area contributed by atoms with Gasteiger partial charge >= 0.3 is 0 Å². The van der Waals surface area contributed by atoms with Crippen LogP contribution in [0.1, 0.15) is 125 Å². The van der Waals surface area contributed by atoms with Crippen molar-refractivity contribution in [3.63, 3.8) is 0 Å². The van der Waals surface area contributed by atoms with Crippen molar-refractivity contribution in [2.24, 2.45) is 0 Å². The van der Waals surface area contributed by atoms with Gasteiger partial charge in [0.1, 0.15) is 0 Å². The lowest BCUT2D eigenvalue weighted by Crippen LogP contribution is -2.30. The van der Waals surface area contributed by atoms with Crippen LogP contribution in [0, 0.1) is 0 Å². The SMILES string of the molecule is CCCCCCCCCC(=O)c1ccc(-c2ccc(C3CCC(OC4CCCCO4)CC3)cc2)cc1. The maximum absolute atomic E-state index is 12.6. The van der Waals surface area contributed by atoms with Gasteiger partial charge in [-0.25, -0.2) is 0 Å². The van der Waals surface area contributed by atoms with Crippen molar-refractivity contribution in [2.45, 2.75) is 122 Å². The fraction of sp³-hybridized carbons (Fsp3) is 0.606. The molecule has 2 aromatic carbocycles. The zero-order valence-electron chi connectivity index (χ0n) is 22.4. The monoisotopic (exact) mass is 490 g/mol. The summed E-state index contributed by atoms with van der Waals surface area (Å²) in [6.45, 7) is 3.10. The second-order valence-corrected chi connectivity index (χ2v) is 10.9. The number of rotatable bonds is 13. The van der Waals surface area contributed by atoms with Crippen molar-refractivity contribution in [2.75, 3.05) is 6.61 Å². The van der Waals surface area contributed by atoms with Crippen LogP contribution in [-0.4, -0.2) is 24.8 Å². The van der Waals surface area contributed by atoms with Gasteiger partial charge in [-0.1, -0.05) is 94.0 Å². The number of hydrogen-bond acceptors (Lipinski definition) is 3. The van der Waals surface area contributed by atoms with Crippen molar-refractivity contribution in [3.05, 3.63) is 59.7 Å². The van der Waals surface area contributed by atoms with Crippen molar-refractivity contribution >= 4 is 5.78 Å². The number of Topliss-reactive ketones (excluding diaryl/α,β-unsaturated/α-hetero) is 1. The van der Waals surface area contributed by atoms with Gasteiger partial charge in [-0.05, 0) is 74.0 Å². The third kappa shape index (κ3) is 8.28. The molecule has 36 heavy (non-hydrogen) atoms. The molecule has 2 aliphatic rings. The van der Waals surface area contributed by atoms with Crippen LogP contribution in [0.3, 0.4) is 0 Å². The third-order valence-electron chi connectivity index (χ3n) is 8.09. The standard InChI is InChI=1S/C33H46O3/c1-2-3-4-5-6-7-8-11-32(34)30-19-17-28(18-20-30)26-13-15-27(16-14-26)29-21-23-31(24-22-29)36-33-12-9-10-25-35-33/h13-20,29,31,33H,2-12,21-25H2,1H3. The van der Waals surface area contributed by atoms with Crippen LogP contribution in [0.5, 0.6) is 0 Å². The second-order valence-electron chi connectivity index (χ2n) is 10.9.